The van der Waals surface area contributed by atoms with Gasteiger partial charge in [-0.05, 0) is 36.4 Å². The Kier molecular flexibility index (Phi) is 3.58. The SMILES string of the molecule is S=c1ccc2c(n1)c1nc(=S)ccc1c1[nH]c3cc(S)c(S)cc3[nH]c21. The van der Waals surface area contributed by atoms with Gasteiger partial charge in [-0.15, -0.1) is 25.3 Å². The minimum Gasteiger partial charge on any atom is -0.352 e. The molecule has 0 fully saturated rings. The molecule has 0 saturated heterocycles. The van der Waals surface area contributed by atoms with Crippen LogP contribution in [0, 0.1) is 9.28 Å². The molecule has 0 aliphatic carbocycles. The van der Waals surface area contributed by atoms with E-state index in [1.165, 1.54) is 0 Å². The van der Waals surface area contributed by atoms with Gasteiger partial charge < -0.3 is 9.97 Å². The minimum atomic E-state index is 0.525. The molecular formula is C18H10N4S4. The van der Waals surface area contributed by atoms with Crippen LogP contribution in [-0.4, -0.2) is 19.9 Å². The number of fused-ring (bicyclic) bond motifs is 7. The molecule has 3 heterocycles. The molecule has 126 valence electrons. The zero-order valence-corrected chi connectivity index (χ0v) is 16.5. The lowest BCUT2D eigenvalue weighted by Gasteiger charge is -2.12. The number of hydrogen-bond acceptors (Lipinski definition) is 6. The Hall–Kier alpha value is -2.00. The highest BCUT2D eigenvalue weighted by Crippen LogP contribution is 2.33. The predicted octanol–water partition coefficient (Wildman–Crippen LogP) is 5.78. The number of rotatable bonds is 0. The summed E-state index contributed by atoms with van der Waals surface area (Å²) < 4.78 is 1.05. The maximum absolute atomic E-state index is 5.26. The smallest absolute Gasteiger partial charge is 0.126 e. The molecule has 0 aliphatic heterocycles. The maximum atomic E-state index is 5.26. The van der Waals surface area contributed by atoms with Gasteiger partial charge in [-0.3, -0.25) is 0 Å². The Morgan fingerprint density at radius 1 is 0.692 bits per heavy atom. The van der Waals surface area contributed by atoms with Gasteiger partial charge in [0.15, 0.2) is 0 Å². The standard InChI is InChI=1S/C18H10N4S4/c23-11-5-9-10(6-12(11)24)20-16-8-2-4-14(26)22-18(8)17-7(15(16)19-9)1-3-13(25)21-17/h1-6,19-20,23-24H. The number of benzene rings is 2. The van der Waals surface area contributed by atoms with Gasteiger partial charge in [0.25, 0.3) is 0 Å². The molecule has 2 N–H and O–H groups in total. The van der Waals surface area contributed by atoms with Crippen LogP contribution in [-0.2, 0) is 0 Å². The average Bonchev–Trinajstić information content (AvgIpc) is 2.61. The largest absolute Gasteiger partial charge is 0.352 e. The van der Waals surface area contributed by atoms with Crippen LogP contribution in [0.15, 0.2) is 46.2 Å². The molecule has 0 bridgehead atoms. The van der Waals surface area contributed by atoms with Crippen molar-refractivity contribution in [2.75, 3.05) is 0 Å². The zero-order valence-electron chi connectivity index (χ0n) is 13.1. The third-order valence-electron chi connectivity index (χ3n) is 4.39. The number of aromatic nitrogens is 4. The van der Waals surface area contributed by atoms with Gasteiger partial charge in [0.05, 0.1) is 22.1 Å². The Balaban J connectivity index is 2.13. The van der Waals surface area contributed by atoms with E-state index in [1.807, 2.05) is 36.4 Å². The fourth-order valence-electron chi connectivity index (χ4n) is 3.23. The Labute approximate surface area is 168 Å². The molecule has 0 spiro atoms. The van der Waals surface area contributed by atoms with Crippen LogP contribution >= 0.6 is 49.7 Å². The van der Waals surface area contributed by atoms with Crippen LogP contribution in [0.1, 0.15) is 0 Å². The molecule has 5 aromatic rings. The fraction of sp³-hybridized carbons (Fsp3) is 0. The molecule has 3 aromatic heterocycles. The van der Waals surface area contributed by atoms with E-state index < -0.39 is 0 Å². The maximum Gasteiger partial charge on any atom is 0.126 e. The van der Waals surface area contributed by atoms with Crippen LogP contribution in [0.5, 0.6) is 0 Å². The molecule has 0 amide bonds. The first-order valence-electron chi connectivity index (χ1n) is 7.73. The summed E-state index contributed by atoms with van der Waals surface area (Å²) in [6, 6.07) is 11.5. The molecule has 4 nitrogen and oxygen atoms in total. The van der Waals surface area contributed by atoms with Crippen molar-refractivity contribution in [1.29, 1.82) is 0 Å². The van der Waals surface area contributed by atoms with Crippen molar-refractivity contribution in [3.05, 3.63) is 45.7 Å². The van der Waals surface area contributed by atoms with E-state index in [0.717, 1.165) is 53.7 Å². The lowest BCUT2D eigenvalue weighted by atomic mass is 10.1. The first kappa shape index (κ1) is 16.2. The topological polar surface area (TPSA) is 57.4 Å². The summed E-state index contributed by atoms with van der Waals surface area (Å²) in [5.41, 5.74) is 5.20. The number of H-pyrrole nitrogens is 2. The molecule has 26 heavy (non-hydrogen) atoms. The molecule has 8 heteroatoms. The van der Waals surface area contributed by atoms with Crippen LogP contribution < -0.4 is 0 Å². The van der Waals surface area contributed by atoms with Crippen molar-refractivity contribution in [3.8, 4) is 0 Å². The second-order valence-corrected chi connectivity index (χ2v) is 7.78. The second kappa shape index (κ2) is 5.75. The first-order valence-corrected chi connectivity index (χ1v) is 9.44. The minimum absolute atomic E-state index is 0.525. The number of thiol groups is 2. The number of aromatic amines is 2. The van der Waals surface area contributed by atoms with E-state index in [4.69, 9.17) is 24.4 Å². The molecule has 0 unspecified atom stereocenters. The summed E-state index contributed by atoms with van der Waals surface area (Å²) in [5.74, 6) is 0. The van der Waals surface area contributed by atoms with Crippen molar-refractivity contribution < 1.29 is 0 Å². The van der Waals surface area contributed by atoms with Crippen molar-refractivity contribution in [1.82, 2.24) is 19.9 Å². The van der Waals surface area contributed by atoms with E-state index in [2.05, 4.69) is 45.2 Å². The van der Waals surface area contributed by atoms with Crippen molar-refractivity contribution in [2.24, 2.45) is 0 Å². The average molecular weight is 411 g/mol. The summed E-state index contributed by atoms with van der Waals surface area (Å²) in [7, 11) is 0. The Morgan fingerprint density at radius 3 is 1.54 bits per heavy atom. The third-order valence-corrected chi connectivity index (χ3v) is 5.76. The molecule has 0 saturated carbocycles. The van der Waals surface area contributed by atoms with Gasteiger partial charge in [0.2, 0.25) is 0 Å². The fourth-order valence-corrected chi connectivity index (χ4v) is 3.93. The van der Waals surface area contributed by atoms with Gasteiger partial charge in [-0.1, -0.05) is 24.4 Å². The highest BCUT2D eigenvalue weighted by Gasteiger charge is 2.13. The number of nitrogens with zero attached hydrogens (tertiary/aromatic N) is 2. The molecule has 0 aliphatic rings. The van der Waals surface area contributed by atoms with Crippen molar-refractivity contribution in [2.45, 2.75) is 9.79 Å². The number of nitrogens with one attached hydrogen (secondary N) is 2. The summed E-state index contributed by atoms with van der Waals surface area (Å²) >= 11 is 19.5. The van der Waals surface area contributed by atoms with E-state index >= 15 is 0 Å². The van der Waals surface area contributed by atoms with Gasteiger partial charge in [-0.25, -0.2) is 9.97 Å². The lowest BCUT2D eigenvalue weighted by Crippen LogP contribution is -1.94. The van der Waals surface area contributed by atoms with Crippen LogP contribution in [0.25, 0.3) is 43.9 Å². The molecule has 0 atom stereocenters. The van der Waals surface area contributed by atoms with Gasteiger partial charge in [0.1, 0.15) is 20.3 Å². The molecule has 0 radical (unpaired) electrons. The third kappa shape index (κ3) is 2.37. The number of pyridine rings is 2. The van der Waals surface area contributed by atoms with Crippen LogP contribution in [0.4, 0.5) is 0 Å². The summed E-state index contributed by atoms with van der Waals surface area (Å²) in [6.07, 6.45) is 0. The summed E-state index contributed by atoms with van der Waals surface area (Å²) in [6.45, 7) is 0. The van der Waals surface area contributed by atoms with Gasteiger partial charge >= 0.3 is 0 Å². The van der Waals surface area contributed by atoms with Gasteiger partial charge in [0, 0.05) is 20.6 Å². The molecule has 5 rings (SSSR count). The van der Waals surface area contributed by atoms with Crippen molar-refractivity contribution in [3.63, 3.8) is 0 Å². The first-order chi connectivity index (χ1) is 12.5. The summed E-state index contributed by atoms with van der Waals surface area (Å²) in [5, 5.41) is 1.87. The van der Waals surface area contributed by atoms with E-state index in [1.54, 1.807) is 0 Å². The molecule has 2 aromatic carbocycles. The highest BCUT2D eigenvalue weighted by atomic mass is 32.1. The number of hydrogen-bond donors (Lipinski definition) is 4. The lowest BCUT2D eigenvalue weighted by molar-refractivity contribution is 1.26. The highest BCUT2D eigenvalue weighted by molar-refractivity contribution is 7.83. The predicted molar refractivity (Wildman–Crippen MR) is 117 cm³/mol. The van der Waals surface area contributed by atoms with Crippen molar-refractivity contribution >= 4 is 93.6 Å². The Bertz CT molecular complexity index is 1390. The van der Waals surface area contributed by atoms with Crippen LogP contribution in [0.2, 0.25) is 0 Å². The molecular weight excluding hydrogens is 400 g/mol. The zero-order chi connectivity index (χ0) is 18.0. The van der Waals surface area contributed by atoms with E-state index in [9.17, 15) is 0 Å². The second-order valence-electron chi connectivity index (χ2n) is 5.98. The van der Waals surface area contributed by atoms with Crippen LogP contribution in [0.3, 0.4) is 0 Å². The van der Waals surface area contributed by atoms with E-state index in [0.29, 0.717) is 9.28 Å². The summed E-state index contributed by atoms with van der Waals surface area (Å²) in [4.78, 5) is 17.7. The van der Waals surface area contributed by atoms with Gasteiger partial charge in [-0.2, -0.15) is 0 Å². The Morgan fingerprint density at radius 2 is 1.12 bits per heavy atom. The quantitative estimate of drug-likeness (QED) is 0.113. The monoisotopic (exact) mass is 410 g/mol. The van der Waals surface area contributed by atoms with E-state index in [-0.39, 0.29) is 0 Å². The normalized spacial score (nSPS) is 11.8.